The number of aromatic nitrogens is 1. The molecule has 0 spiro atoms. The molecule has 1 fully saturated rings. The largest absolute Gasteiger partial charge is 0.351 e. The normalized spacial score (nSPS) is 22.6. The highest BCUT2D eigenvalue weighted by molar-refractivity contribution is 5.48. The zero-order valence-electron chi connectivity index (χ0n) is 12.6. The summed E-state index contributed by atoms with van der Waals surface area (Å²) in [4.78, 5) is 9.48. The molecule has 4 heteroatoms. The van der Waals surface area contributed by atoms with Crippen LogP contribution in [0.15, 0.2) is 12.3 Å². The van der Waals surface area contributed by atoms with Crippen LogP contribution in [0.25, 0.3) is 0 Å². The lowest BCUT2D eigenvalue weighted by molar-refractivity contribution is 0.274. The summed E-state index contributed by atoms with van der Waals surface area (Å²) in [5.74, 6) is 1.13. The maximum Gasteiger partial charge on any atom is 0.131 e. The van der Waals surface area contributed by atoms with Crippen LogP contribution < -0.4 is 10.6 Å². The van der Waals surface area contributed by atoms with Crippen molar-refractivity contribution in [2.24, 2.45) is 5.73 Å². The molecule has 19 heavy (non-hydrogen) atoms. The Hall–Kier alpha value is -1.13. The minimum Gasteiger partial charge on any atom is -0.351 e. The molecule has 1 aliphatic rings. The van der Waals surface area contributed by atoms with E-state index in [9.17, 15) is 0 Å². The fourth-order valence-corrected chi connectivity index (χ4v) is 2.86. The Morgan fingerprint density at radius 1 is 1.47 bits per heavy atom. The monoisotopic (exact) mass is 262 g/mol. The van der Waals surface area contributed by atoms with E-state index in [1.807, 2.05) is 13.1 Å². The van der Waals surface area contributed by atoms with E-state index in [2.05, 4.69) is 41.7 Å². The Balaban J connectivity index is 2.16. The van der Waals surface area contributed by atoms with Crippen LogP contribution in [0.4, 0.5) is 5.82 Å². The van der Waals surface area contributed by atoms with Gasteiger partial charge in [0.1, 0.15) is 5.82 Å². The van der Waals surface area contributed by atoms with Crippen molar-refractivity contribution in [2.75, 3.05) is 31.6 Å². The number of piperazine rings is 1. The number of likely N-dealkylation sites (N-methyl/N-ethyl adjacent to an activating group) is 1. The molecule has 0 saturated carbocycles. The summed E-state index contributed by atoms with van der Waals surface area (Å²) in [6, 6.07) is 2.94. The topological polar surface area (TPSA) is 45.4 Å². The van der Waals surface area contributed by atoms with Crippen LogP contribution in [0.2, 0.25) is 0 Å². The molecule has 1 aromatic rings. The van der Waals surface area contributed by atoms with E-state index in [1.165, 1.54) is 11.1 Å². The molecule has 106 valence electrons. The zero-order valence-corrected chi connectivity index (χ0v) is 12.6. The number of hydrogen-bond acceptors (Lipinski definition) is 4. The minimum absolute atomic E-state index is 0.189. The van der Waals surface area contributed by atoms with E-state index in [-0.39, 0.29) is 6.04 Å². The first kappa shape index (κ1) is 14.3. The Kier molecular flexibility index (Phi) is 4.42. The second kappa shape index (κ2) is 5.88. The molecular weight excluding hydrogens is 236 g/mol. The minimum atomic E-state index is 0.189. The second-order valence-corrected chi connectivity index (χ2v) is 5.97. The van der Waals surface area contributed by atoms with Crippen molar-refractivity contribution < 1.29 is 0 Å². The lowest BCUT2D eigenvalue weighted by atomic mass is 10.1. The molecule has 0 radical (unpaired) electrons. The molecule has 2 N–H and O–H groups in total. The van der Waals surface area contributed by atoms with Crippen LogP contribution in [-0.4, -0.2) is 48.6 Å². The van der Waals surface area contributed by atoms with Gasteiger partial charge in [-0.25, -0.2) is 4.98 Å². The van der Waals surface area contributed by atoms with Gasteiger partial charge in [0, 0.05) is 37.9 Å². The van der Waals surface area contributed by atoms with E-state index in [1.54, 1.807) is 0 Å². The predicted octanol–water partition coefficient (Wildman–Crippen LogP) is 1.42. The molecule has 4 nitrogen and oxygen atoms in total. The van der Waals surface area contributed by atoms with E-state index >= 15 is 0 Å². The maximum absolute atomic E-state index is 5.85. The van der Waals surface area contributed by atoms with Crippen LogP contribution in [0.1, 0.15) is 25.0 Å². The zero-order chi connectivity index (χ0) is 14.0. The van der Waals surface area contributed by atoms with Gasteiger partial charge < -0.3 is 15.5 Å². The Morgan fingerprint density at radius 3 is 2.79 bits per heavy atom. The van der Waals surface area contributed by atoms with Crippen molar-refractivity contribution in [2.45, 2.75) is 39.3 Å². The number of anilines is 1. The fourth-order valence-electron chi connectivity index (χ4n) is 2.86. The van der Waals surface area contributed by atoms with E-state index < -0.39 is 0 Å². The van der Waals surface area contributed by atoms with Crippen molar-refractivity contribution in [3.63, 3.8) is 0 Å². The number of rotatable bonds is 3. The lowest BCUT2D eigenvalue weighted by Gasteiger charge is -2.39. The van der Waals surface area contributed by atoms with Gasteiger partial charge in [-0.1, -0.05) is 6.07 Å². The smallest absolute Gasteiger partial charge is 0.131 e. The fraction of sp³-hybridized carbons (Fsp3) is 0.667. The lowest BCUT2D eigenvalue weighted by Crippen LogP contribution is -2.51. The number of nitrogens with two attached hydrogens (primary N) is 1. The summed E-state index contributed by atoms with van der Waals surface area (Å²) in [6.07, 6.45) is 2.88. The Morgan fingerprint density at radius 2 is 2.21 bits per heavy atom. The Labute approximate surface area is 116 Å². The first-order valence-electron chi connectivity index (χ1n) is 7.13. The van der Waals surface area contributed by atoms with Crippen molar-refractivity contribution >= 4 is 5.82 Å². The third kappa shape index (κ3) is 3.45. The molecule has 2 atom stereocenters. The van der Waals surface area contributed by atoms with Gasteiger partial charge in [0.05, 0.1) is 0 Å². The van der Waals surface area contributed by atoms with Crippen molar-refractivity contribution in [3.8, 4) is 0 Å². The standard InChI is InChI=1S/C15H26N4/c1-11-7-14(8-12(2)16)9-17-15(11)19-6-5-18(4)10-13(19)3/h7,9,12-13H,5-6,8,10,16H2,1-4H3. The second-order valence-electron chi connectivity index (χ2n) is 5.97. The molecule has 0 amide bonds. The average Bonchev–Trinajstić information content (AvgIpc) is 2.30. The maximum atomic E-state index is 5.85. The number of pyridine rings is 1. The summed E-state index contributed by atoms with van der Waals surface area (Å²) in [5.41, 5.74) is 8.34. The molecule has 1 aliphatic heterocycles. The van der Waals surface area contributed by atoms with Gasteiger partial charge in [0.2, 0.25) is 0 Å². The van der Waals surface area contributed by atoms with E-state index in [4.69, 9.17) is 5.73 Å². The number of hydrogen-bond donors (Lipinski definition) is 1. The summed E-state index contributed by atoms with van der Waals surface area (Å²) in [7, 11) is 2.18. The van der Waals surface area contributed by atoms with Crippen molar-refractivity contribution in [1.82, 2.24) is 9.88 Å². The molecule has 0 aromatic carbocycles. The van der Waals surface area contributed by atoms with Crippen LogP contribution in [0.5, 0.6) is 0 Å². The van der Waals surface area contributed by atoms with E-state index in [0.717, 1.165) is 31.9 Å². The molecule has 0 bridgehead atoms. The Bertz CT molecular complexity index is 430. The third-order valence-corrected chi connectivity index (χ3v) is 3.77. The molecular formula is C15H26N4. The number of nitrogens with zero attached hydrogens (tertiary/aromatic N) is 3. The summed E-state index contributed by atoms with van der Waals surface area (Å²) in [6.45, 7) is 9.71. The molecule has 2 rings (SSSR count). The van der Waals surface area contributed by atoms with Gasteiger partial charge in [-0.2, -0.15) is 0 Å². The first-order valence-corrected chi connectivity index (χ1v) is 7.13. The molecule has 0 aliphatic carbocycles. The average molecular weight is 262 g/mol. The van der Waals surface area contributed by atoms with Crippen molar-refractivity contribution in [3.05, 3.63) is 23.4 Å². The molecule has 2 heterocycles. The highest BCUT2D eigenvalue weighted by Crippen LogP contribution is 2.22. The van der Waals surface area contributed by atoms with Gasteiger partial charge in [0.15, 0.2) is 0 Å². The van der Waals surface area contributed by atoms with E-state index in [0.29, 0.717) is 6.04 Å². The van der Waals surface area contributed by atoms with Crippen LogP contribution >= 0.6 is 0 Å². The van der Waals surface area contributed by atoms with Gasteiger partial charge >= 0.3 is 0 Å². The number of aryl methyl sites for hydroxylation is 1. The SMILES string of the molecule is Cc1cc(CC(C)N)cnc1N1CCN(C)CC1C. The van der Waals surface area contributed by atoms with Gasteiger partial charge in [-0.3, -0.25) is 0 Å². The van der Waals surface area contributed by atoms with Crippen LogP contribution in [0.3, 0.4) is 0 Å². The predicted molar refractivity (Wildman–Crippen MR) is 80.6 cm³/mol. The quantitative estimate of drug-likeness (QED) is 0.895. The van der Waals surface area contributed by atoms with Gasteiger partial charge in [0.25, 0.3) is 0 Å². The van der Waals surface area contributed by atoms with Gasteiger partial charge in [-0.15, -0.1) is 0 Å². The highest BCUT2D eigenvalue weighted by Gasteiger charge is 2.23. The van der Waals surface area contributed by atoms with Crippen LogP contribution in [-0.2, 0) is 6.42 Å². The third-order valence-electron chi connectivity index (χ3n) is 3.77. The summed E-state index contributed by atoms with van der Waals surface area (Å²) < 4.78 is 0. The van der Waals surface area contributed by atoms with Crippen molar-refractivity contribution in [1.29, 1.82) is 0 Å². The summed E-state index contributed by atoms with van der Waals surface area (Å²) >= 11 is 0. The molecule has 2 unspecified atom stereocenters. The molecule has 1 saturated heterocycles. The molecule has 1 aromatic heterocycles. The highest BCUT2D eigenvalue weighted by atomic mass is 15.3. The first-order chi connectivity index (χ1) is 8.97. The van der Waals surface area contributed by atoms with Crippen LogP contribution in [0, 0.1) is 6.92 Å². The summed E-state index contributed by atoms with van der Waals surface area (Å²) in [5, 5.41) is 0. The van der Waals surface area contributed by atoms with Gasteiger partial charge in [-0.05, 0) is 45.4 Å².